The van der Waals surface area contributed by atoms with Crippen molar-refractivity contribution in [2.24, 2.45) is 5.73 Å². The van der Waals surface area contributed by atoms with Crippen LogP contribution in [0.5, 0.6) is 0 Å². The molecule has 6 nitrogen and oxygen atoms in total. The van der Waals surface area contributed by atoms with E-state index in [0.29, 0.717) is 11.9 Å². The molecule has 18 heavy (non-hydrogen) atoms. The number of aromatic nitrogens is 1. The van der Waals surface area contributed by atoms with Gasteiger partial charge in [-0.05, 0) is 19.1 Å². The lowest BCUT2D eigenvalue weighted by molar-refractivity contribution is -0.383. The number of hydrogen-bond acceptors (Lipinski definition) is 5. The number of nitrogens with one attached hydrogen (secondary N) is 1. The summed E-state index contributed by atoms with van der Waals surface area (Å²) < 4.78 is 0. The number of fused-ring (bicyclic) bond motifs is 1. The Morgan fingerprint density at radius 2 is 2.22 bits per heavy atom. The van der Waals surface area contributed by atoms with Crippen molar-refractivity contribution in [3.05, 3.63) is 40.7 Å². The van der Waals surface area contributed by atoms with Crippen LogP contribution in [0.4, 0.5) is 11.4 Å². The average Bonchev–Trinajstić information content (AvgIpc) is 2.38. The summed E-state index contributed by atoms with van der Waals surface area (Å²) in [5.41, 5.74) is 6.45. The van der Waals surface area contributed by atoms with E-state index < -0.39 is 4.92 Å². The molecule has 0 saturated carbocycles. The predicted octanol–water partition coefficient (Wildman–Crippen LogP) is 1.90. The van der Waals surface area contributed by atoms with E-state index in [4.69, 9.17) is 5.73 Å². The third kappa shape index (κ3) is 2.23. The number of nitro groups is 1. The minimum atomic E-state index is -0.403. The van der Waals surface area contributed by atoms with E-state index in [1.165, 1.54) is 12.3 Å². The highest BCUT2D eigenvalue weighted by Crippen LogP contribution is 2.30. The van der Waals surface area contributed by atoms with Crippen LogP contribution in [-0.4, -0.2) is 22.5 Å². The standard InChI is InChI=1S/C12H14N4O2/c1-8(6-13)15-11-2-3-12(16(17)18)10-7-14-5-4-9(10)11/h2-5,7-8,15H,6,13H2,1H3. The normalized spacial score (nSPS) is 12.3. The summed E-state index contributed by atoms with van der Waals surface area (Å²) in [6.45, 7) is 2.44. The number of benzene rings is 1. The van der Waals surface area contributed by atoms with Crippen molar-refractivity contribution in [2.45, 2.75) is 13.0 Å². The van der Waals surface area contributed by atoms with Crippen LogP contribution in [0.15, 0.2) is 30.6 Å². The van der Waals surface area contributed by atoms with Gasteiger partial charge in [0.25, 0.3) is 5.69 Å². The second-order valence-electron chi connectivity index (χ2n) is 4.09. The molecule has 6 heteroatoms. The van der Waals surface area contributed by atoms with Crippen molar-refractivity contribution in [1.29, 1.82) is 0 Å². The summed E-state index contributed by atoms with van der Waals surface area (Å²) in [4.78, 5) is 14.5. The molecule has 0 amide bonds. The summed E-state index contributed by atoms with van der Waals surface area (Å²) in [7, 11) is 0. The maximum atomic E-state index is 10.9. The number of rotatable bonds is 4. The molecule has 3 N–H and O–H groups in total. The quantitative estimate of drug-likeness (QED) is 0.634. The molecule has 0 spiro atoms. The SMILES string of the molecule is CC(CN)Nc1ccc([N+](=O)[O-])c2cnccc12. The van der Waals surface area contributed by atoms with Gasteiger partial charge in [-0.1, -0.05) is 0 Å². The fourth-order valence-electron chi connectivity index (χ4n) is 1.78. The second-order valence-corrected chi connectivity index (χ2v) is 4.09. The van der Waals surface area contributed by atoms with Crippen molar-refractivity contribution in [1.82, 2.24) is 4.98 Å². The molecular weight excluding hydrogens is 232 g/mol. The molecule has 0 aliphatic heterocycles. The smallest absolute Gasteiger partial charge is 0.278 e. The van der Waals surface area contributed by atoms with Gasteiger partial charge in [0.1, 0.15) is 0 Å². The zero-order valence-electron chi connectivity index (χ0n) is 9.96. The molecule has 1 aromatic carbocycles. The molecule has 1 atom stereocenters. The molecular formula is C12H14N4O2. The Balaban J connectivity index is 2.57. The van der Waals surface area contributed by atoms with Crippen molar-refractivity contribution >= 4 is 22.1 Å². The number of anilines is 1. The van der Waals surface area contributed by atoms with Gasteiger partial charge in [0, 0.05) is 42.1 Å². The Bertz CT molecular complexity index is 585. The van der Waals surface area contributed by atoms with Gasteiger partial charge in [-0.3, -0.25) is 15.1 Å². The lowest BCUT2D eigenvalue weighted by atomic mass is 10.1. The largest absolute Gasteiger partial charge is 0.381 e. The van der Waals surface area contributed by atoms with Crippen LogP contribution in [0.25, 0.3) is 10.8 Å². The summed E-state index contributed by atoms with van der Waals surface area (Å²) >= 11 is 0. The minimum absolute atomic E-state index is 0.0593. The molecule has 0 aliphatic carbocycles. The van der Waals surface area contributed by atoms with Crippen LogP contribution in [0.3, 0.4) is 0 Å². The Labute approximate surface area is 104 Å². The van der Waals surface area contributed by atoms with E-state index in [1.54, 1.807) is 18.3 Å². The van der Waals surface area contributed by atoms with Gasteiger partial charge in [-0.15, -0.1) is 0 Å². The zero-order valence-corrected chi connectivity index (χ0v) is 9.96. The molecule has 94 valence electrons. The van der Waals surface area contributed by atoms with E-state index in [1.807, 2.05) is 6.92 Å². The highest BCUT2D eigenvalue weighted by atomic mass is 16.6. The van der Waals surface area contributed by atoms with E-state index in [0.717, 1.165) is 11.1 Å². The molecule has 1 unspecified atom stereocenters. The summed E-state index contributed by atoms with van der Waals surface area (Å²) in [6, 6.07) is 5.04. The number of nitrogens with zero attached hydrogens (tertiary/aromatic N) is 2. The number of non-ortho nitro benzene ring substituents is 1. The van der Waals surface area contributed by atoms with Gasteiger partial charge in [-0.25, -0.2) is 0 Å². The molecule has 1 heterocycles. The first-order valence-corrected chi connectivity index (χ1v) is 5.61. The summed E-state index contributed by atoms with van der Waals surface area (Å²) in [5, 5.41) is 15.5. The minimum Gasteiger partial charge on any atom is -0.381 e. The lowest BCUT2D eigenvalue weighted by Crippen LogP contribution is -2.25. The van der Waals surface area contributed by atoms with Crippen LogP contribution in [0.2, 0.25) is 0 Å². The van der Waals surface area contributed by atoms with Crippen LogP contribution < -0.4 is 11.1 Å². The van der Waals surface area contributed by atoms with E-state index in [9.17, 15) is 10.1 Å². The average molecular weight is 246 g/mol. The van der Waals surface area contributed by atoms with Crippen molar-refractivity contribution in [3.63, 3.8) is 0 Å². The summed E-state index contributed by atoms with van der Waals surface area (Å²) in [6.07, 6.45) is 3.12. The number of pyridine rings is 1. The fraction of sp³-hybridized carbons (Fsp3) is 0.250. The van der Waals surface area contributed by atoms with Crippen LogP contribution in [0.1, 0.15) is 6.92 Å². The van der Waals surface area contributed by atoms with Crippen molar-refractivity contribution < 1.29 is 4.92 Å². The van der Waals surface area contributed by atoms with Crippen LogP contribution in [0, 0.1) is 10.1 Å². The molecule has 0 radical (unpaired) electrons. The first kappa shape index (κ1) is 12.3. The maximum absolute atomic E-state index is 10.9. The van der Waals surface area contributed by atoms with Crippen molar-refractivity contribution in [3.8, 4) is 0 Å². The highest BCUT2D eigenvalue weighted by Gasteiger charge is 2.14. The molecule has 1 aromatic heterocycles. The Hall–Kier alpha value is -2.21. The Morgan fingerprint density at radius 1 is 1.44 bits per heavy atom. The molecule has 2 aromatic rings. The summed E-state index contributed by atoms with van der Waals surface area (Å²) in [5.74, 6) is 0. The van der Waals surface area contributed by atoms with Gasteiger partial charge in [0.05, 0.1) is 10.3 Å². The molecule has 0 saturated heterocycles. The maximum Gasteiger partial charge on any atom is 0.278 e. The van der Waals surface area contributed by atoms with E-state index in [-0.39, 0.29) is 11.7 Å². The molecule has 0 bridgehead atoms. The van der Waals surface area contributed by atoms with Crippen LogP contribution >= 0.6 is 0 Å². The number of nitrogens with two attached hydrogens (primary N) is 1. The van der Waals surface area contributed by atoms with Gasteiger partial charge < -0.3 is 11.1 Å². The van der Waals surface area contributed by atoms with Gasteiger partial charge in [-0.2, -0.15) is 0 Å². The molecule has 0 aliphatic rings. The molecule has 2 rings (SSSR count). The third-order valence-electron chi connectivity index (χ3n) is 2.75. The number of nitro benzene ring substituents is 1. The van der Waals surface area contributed by atoms with Gasteiger partial charge in [0.15, 0.2) is 0 Å². The monoisotopic (exact) mass is 246 g/mol. The topological polar surface area (TPSA) is 94.1 Å². The van der Waals surface area contributed by atoms with E-state index >= 15 is 0 Å². The fourth-order valence-corrected chi connectivity index (χ4v) is 1.78. The second kappa shape index (κ2) is 4.97. The predicted molar refractivity (Wildman–Crippen MR) is 70.5 cm³/mol. The van der Waals surface area contributed by atoms with E-state index in [2.05, 4.69) is 10.3 Å². The highest BCUT2D eigenvalue weighted by molar-refractivity contribution is 5.99. The first-order valence-electron chi connectivity index (χ1n) is 5.61. The lowest BCUT2D eigenvalue weighted by Gasteiger charge is -2.14. The number of hydrogen-bond donors (Lipinski definition) is 2. The van der Waals surface area contributed by atoms with Gasteiger partial charge >= 0.3 is 0 Å². The third-order valence-corrected chi connectivity index (χ3v) is 2.75. The van der Waals surface area contributed by atoms with Crippen molar-refractivity contribution in [2.75, 3.05) is 11.9 Å². The Morgan fingerprint density at radius 3 is 2.89 bits per heavy atom. The Kier molecular flexibility index (Phi) is 3.38. The zero-order chi connectivity index (χ0) is 13.1. The van der Waals surface area contributed by atoms with Crippen LogP contribution in [-0.2, 0) is 0 Å². The van der Waals surface area contributed by atoms with Gasteiger partial charge in [0.2, 0.25) is 0 Å². The first-order chi connectivity index (χ1) is 8.63. The molecule has 0 fully saturated rings.